The van der Waals surface area contributed by atoms with E-state index in [0.717, 1.165) is 16.3 Å². The molecule has 3 heterocycles. The average molecular weight is 301 g/mol. The fraction of sp³-hybridized carbons (Fsp3) is 0.200. The van der Waals surface area contributed by atoms with Crippen LogP contribution >= 0.6 is 11.3 Å². The number of rotatable bonds is 4. The van der Waals surface area contributed by atoms with Crippen molar-refractivity contribution in [3.63, 3.8) is 0 Å². The molecule has 3 rings (SSSR count). The largest absolute Gasteiger partial charge is 0.463 e. The van der Waals surface area contributed by atoms with Gasteiger partial charge in [0.25, 0.3) is 0 Å². The quantitative estimate of drug-likeness (QED) is 0.691. The Morgan fingerprint density at radius 3 is 2.67 bits per heavy atom. The Kier molecular flexibility index (Phi) is 3.87. The number of furan rings is 2. The number of aromatic nitrogens is 1. The summed E-state index contributed by atoms with van der Waals surface area (Å²) in [6.07, 6.45) is 4.93. The molecule has 3 aromatic rings. The van der Waals surface area contributed by atoms with Gasteiger partial charge in [-0.2, -0.15) is 5.10 Å². The molecule has 108 valence electrons. The minimum atomic E-state index is 0.193. The van der Waals surface area contributed by atoms with Crippen molar-refractivity contribution in [2.45, 2.75) is 19.9 Å². The molecular weight excluding hydrogens is 286 g/mol. The first-order valence-electron chi connectivity index (χ1n) is 6.60. The molecular formula is C15H15N3O2S. The fourth-order valence-corrected chi connectivity index (χ4v) is 2.75. The molecule has 0 aromatic carbocycles. The summed E-state index contributed by atoms with van der Waals surface area (Å²) in [5, 5.41) is 6.46. The van der Waals surface area contributed by atoms with Gasteiger partial charge >= 0.3 is 0 Å². The van der Waals surface area contributed by atoms with Crippen LogP contribution in [0.5, 0.6) is 0 Å². The third kappa shape index (κ3) is 3.05. The van der Waals surface area contributed by atoms with Crippen LogP contribution in [0.1, 0.15) is 19.6 Å². The molecule has 0 bridgehead atoms. The van der Waals surface area contributed by atoms with E-state index in [1.165, 1.54) is 11.3 Å². The minimum Gasteiger partial charge on any atom is -0.463 e. The van der Waals surface area contributed by atoms with Crippen LogP contribution in [0, 0.1) is 0 Å². The van der Waals surface area contributed by atoms with Crippen molar-refractivity contribution in [3.05, 3.63) is 52.7 Å². The van der Waals surface area contributed by atoms with Gasteiger partial charge in [0, 0.05) is 11.4 Å². The summed E-state index contributed by atoms with van der Waals surface area (Å²) >= 11 is 1.53. The monoisotopic (exact) mass is 301 g/mol. The van der Waals surface area contributed by atoms with Gasteiger partial charge in [0.2, 0.25) is 4.80 Å². The van der Waals surface area contributed by atoms with Crippen LogP contribution in [0.4, 0.5) is 0 Å². The van der Waals surface area contributed by atoms with Gasteiger partial charge in [0.15, 0.2) is 5.76 Å². The molecule has 0 aliphatic carbocycles. The molecule has 5 nitrogen and oxygen atoms in total. The van der Waals surface area contributed by atoms with Crippen molar-refractivity contribution in [2.24, 2.45) is 10.1 Å². The summed E-state index contributed by atoms with van der Waals surface area (Å²) in [4.78, 5) is 5.40. The van der Waals surface area contributed by atoms with Gasteiger partial charge < -0.3 is 8.83 Å². The lowest BCUT2D eigenvalue weighted by Gasteiger charge is -2.00. The number of nitrogens with zero attached hydrogens (tertiary/aromatic N) is 3. The van der Waals surface area contributed by atoms with Gasteiger partial charge in [-0.3, -0.25) is 4.99 Å². The molecule has 3 aromatic heterocycles. The fourth-order valence-electron chi connectivity index (χ4n) is 1.80. The predicted octanol–water partition coefficient (Wildman–Crippen LogP) is 3.59. The van der Waals surface area contributed by atoms with E-state index in [0.29, 0.717) is 5.76 Å². The lowest BCUT2D eigenvalue weighted by atomic mass is 10.4. The summed E-state index contributed by atoms with van der Waals surface area (Å²) in [5.41, 5.74) is 0.868. The smallest absolute Gasteiger partial charge is 0.206 e. The molecule has 6 heteroatoms. The SMILES string of the molecule is CC(C)N=c1scc(-c2ccco2)n1N=Cc1ccco1. The summed E-state index contributed by atoms with van der Waals surface area (Å²) in [7, 11) is 0. The molecule has 0 fully saturated rings. The van der Waals surface area contributed by atoms with E-state index in [4.69, 9.17) is 8.83 Å². The molecule has 0 aliphatic heterocycles. The molecule has 0 unspecified atom stereocenters. The Morgan fingerprint density at radius 1 is 1.19 bits per heavy atom. The van der Waals surface area contributed by atoms with Gasteiger partial charge in [-0.1, -0.05) is 0 Å². The lowest BCUT2D eigenvalue weighted by molar-refractivity contribution is 0.558. The summed E-state index contributed by atoms with van der Waals surface area (Å²) in [6, 6.07) is 7.62. The van der Waals surface area contributed by atoms with E-state index in [1.807, 2.05) is 43.5 Å². The van der Waals surface area contributed by atoms with Crippen LogP contribution in [-0.2, 0) is 0 Å². The molecule has 0 spiro atoms. The highest BCUT2D eigenvalue weighted by atomic mass is 32.1. The van der Waals surface area contributed by atoms with Crippen LogP contribution in [0.25, 0.3) is 11.5 Å². The van der Waals surface area contributed by atoms with Crippen LogP contribution in [0.15, 0.2) is 61.1 Å². The normalized spacial score (nSPS) is 12.8. The van der Waals surface area contributed by atoms with Crippen LogP contribution < -0.4 is 4.80 Å². The average Bonchev–Trinajstić information content (AvgIpc) is 3.18. The maximum absolute atomic E-state index is 5.46. The van der Waals surface area contributed by atoms with E-state index in [1.54, 1.807) is 23.4 Å². The second-order valence-electron chi connectivity index (χ2n) is 4.68. The van der Waals surface area contributed by atoms with Gasteiger partial charge in [0.1, 0.15) is 11.5 Å². The molecule has 0 radical (unpaired) electrons. The summed E-state index contributed by atoms with van der Waals surface area (Å²) in [5.74, 6) is 1.45. The first-order chi connectivity index (χ1) is 10.2. The maximum Gasteiger partial charge on any atom is 0.206 e. The van der Waals surface area contributed by atoms with E-state index >= 15 is 0 Å². The molecule has 0 amide bonds. The van der Waals surface area contributed by atoms with Crippen LogP contribution in [0.3, 0.4) is 0 Å². The maximum atomic E-state index is 5.46. The zero-order valence-electron chi connectivity index (χ0n) is 11.8. The van der Waals surface area contributed by atoms with Gasteiger partial charge in [-0.15, -0.1) is 11.3 Å². The third-order valence-electron chi connectivity index (χ3n) is 2.67. The van der Waals surface area contributed by atoms with Crippen LogP contribution in [0.2, 0.25) is 0 Å². The van der Waals surface area contributed by atoms with Crippen molar-refractivity contribution in [2.75, 3.05) is 0 Å². The molecule has 0 aliphatic rings. The van der Waals surface area contributed by atoms with Crippen molar-refractivity contribution in [1.82, 2.24) is 4.68 Å². The van der Waals surface area contributed by atoms with Gasteiger partial charge in [-0.05, 0) is 38.1 Å². The minimum absolute atomic E-state index is 0.193. The standard InChI is InChI=1S/C15H15N3O2S/c1-11(2)17-15-18(16-9-12-5-3-7-19-12)13(10-21-15)14-6-4-8-20-14/h3-11H,1-2H3. The molecule has 0 saturated heterocycles. The Bertz CT molecular complexity index is 777. The zero-order valence-corrected chi connectivity index (χ0v) is 12.6. The summed E-state index contributed by atoms with van der Waals surface area (Å²) in [6.45, 7) is 4.07. The first-order valence-corrected chi connectivity index (χ1v) is 7.48. The highest BCUT2D eigenvalue weighted by Crippen LogP contribution is 2.20. The molecule has 0 N–H and O–H groups in total. The third-order valence-corrected chi connectivity index (χ3v) is 3.50. The Hall–Kier alpha value is -2.34. The van der Waals surface area contributed by atoms with Crippen molar-refractivity contribution in [1.29, 1.82) is 0 Å². The molecule has 0 saturated carbocycles. The number of hydrogen-bond acceptors (Lipinski definition) is 5. The van der Waals surface area contributed by atoms with Gasteiger partial charge in [-0.25, -0.2) is 4.68 Å². The molecule has 0 atom stereocenters. The van der Waals surface area contributed by atoms with E-state index in [2.05, 4.69) is 10.1 Å². The highest BCUT2D eigenvalue weighted by Gasteiger charge is 2.10. The Labute approximate surface area is 125 Å². The first kappa shape index (κ1) is 13.6. The van der Waals surface area contributed by atoms with E-state index < -0.39 is 0 Å². The Morgan fingerprint density at radius 2 is 2.00 bits per heavy atom. The number of hydrogen-bond donors (Lipinski definition) is 0. The van der Waals surface area contributed by atoms with Crippen molar-refractivity contribution < 1.29 is 8.83 Å². The second kappa shape index (κ2) is 5.97. The second-order valence-corrected chi connectivity index (χ2v) is 5.51. The lowest BCUT2D eigenvalue weighted by Crippen LogP contribution is -2.14. The Balaban J connectivity index is 2.08. The van der Waals surface area contributed by atoms with Crippen molar-refractivity contribution in [3.8, 4) is 11.5 Å². The predicted molar refractivity (Wildman–Crippen MR) is 82.4 cm³/mol. The molecule has 21 heavy (non-hydrogen) atoms. The number of thiazole rings is 1. The zero-order chi connectivity index (χ0) is 14.7. The summed E-state index contributed by atoms with van der Waals surface area (Å²) < 4.78 is 12.5. The van der Waals surface area contributed by atoms with E-state index in [-0.39, 0.29) is 6.04 Å². The van der Waals surface area contributed by atoms with Gasteiger partial charge in [0.05, 0.1) is 18.7 Å². The topological polar surface area (TPSA) is 55.9 Å². The van der Waals surface area contributed by atoms with Crippen LogP contribution in [-0.4, -0.2) is 16.9 Å². The van der Waals surface area contributed by atoms with Crippen molar-refractivity contribution >= 4 is 17.6 Å². The highest BCUT2D eigenvalue weighted by molar-refractivity contribution is 7.07. The van der Waals surface area contributed by atoms with E-state index in [9.17, 15) is 0 Å².